The monoisotopic (exact) mass is 294 g/mol. The maximum absolute atomic E-state index is 12.0. The fourth-order valence-corrected chi connectivity index (χ4v) is 3.80. The van der Waals surface area contributed by atoms with Crippen molar-refractivity contribution >= 4 is 33.1 Å². The summed E-state index contributed by atoms with van der Waals surface area (Å²) in [6.45, 7) is 4.77. The number of thioether (sulfide) groups is 1. The molecule has 0 saturated carbocycles. The fourth-order valence-electron chi connectivity index (χ4n) is 1.01. The highest BCUT2D eigenvalue weighted by Gasteiger charge is 2.22. The lowest BCUT2D eigenvalue weighted by Gasteiger charge is -2.21. The number of nitrogens with two attached hydrogens (primary N) is 1. The van der Waals surface area contributed by atoms with Gasteiger partial charge in [-0.05, 0) is 37.1 Å². The number of rotatable bonds is 6. The normalized spacial score (nSPS) is 12.9. The maximum Gasteiger partial charge on any atom is 0.250 e. The first kappa shape index (κ1) is 15.0. The Morgan fingerprint density at radius 2 is 2.18 bits per heavy atom. The van der Waals surface area contributed by atoms with Crippen LogP contribution in [-0.4, -0.2) is 26.0 Å². The van der Waals surface area contributed by atoms with Crippen molar-refractivity contribution in [1.82, 2.24) is 4.72 Å². The molecule has 0 spiro atoms. The Morgan fingerprint density at radius 1 is 1.53 bits per heavy atom. The van der Waals surface area contributed by atoms with E-state index in [0.29, 0.717) is 17.3 Å². The average Bonchev–Trinajstić information content (AvgIpc) is 2.76. The Labute approximate surface area is 111 Å². The zero-order valence-corrected chi connectivity index (χ0v) is 12.6. The molecule has 1 aromatic heterocycles. The SMILES string of the molecule is CSC(C)(C)CNS(=O)(=O)c1cc(CN)cs1. The standard InChI is InChI=1S/C10H18N2O2S3/c1-10(2,15-3)7-12-17(13,14)9-4-8(5-11)6-16-9/h4,6,12H,5,7,11H2,1-3H3. The van der Waals surface area contributed by atoms with Crippen molar-refractivity contribution in [2.45, 2.75) is 29.3 Å². The predicted octanol–water partition coefficient (Wildman–Crippen LogP) is 1.63. The molecule has 0 unspecified atom stereocenters. The van der Waals surface area contributed by atoms with Gasteiger partial charge in [0.15, 0.2) is 0 Å². The van der Waals surface area contributed by atoms with Crippen LogP contribution in [0.15, 0.2) is 15.7 Å². The van der Waals surface area contributed by atoms with Gasteiger partial charge in [0.2, 0.25) is 10.0 Å². The first-order valence-corrected chi connectivity index (χ1v) is 8.72. The Kier molecular flexibility index (Phi) is 5.03. The highest BCUT2D eigenvalue weighted by molar-refractivity contribution is 8.00. The Bertz CT molecular complexity index is 466. The molecular weight excluding hydrogens is 276 g/mol. The van der Waals surface area contributed by atoms with Gasteiger partial charge < -0.3 is 5.73 Å². The minimum Gasteiger partial charge on any atom is -0.326 e. The zero-order valence-electron chi connectivity index (χ0n) is 10.2. The predicted molar refractivity (Wildman–Crippen MR) is 75.0 cm³/mol. The van der Waals surface area contributed by atoms with Crippen LogP contribution in [-0.2, 0) is 16.6 Å². The van der Waals surface area contributed by atoms with Crippen LogP contribution in [0, 0.1) is 0 Å². The van der Waals surface area contributed by atoms with Crippen LogP contribution in [0.2, 0.25) is 0 Å². The second-order valence-corrected chi connectivity index (χ2v) is 8.68. The minimum atomic E-state index is -3.39. The van der Waals surface area contributed by atoms with Crippen LogP contribution in [0.3, 0.4) is 0 Å². The van der Waals surface area contributed by atoms with Crippen molar-refractivity contribution in [3.8, 4) is 0 Å². The van der Waals surface area contributed by atoms with Gasteiger partial charge in [-0.2, -0.15) is 11.8 Å². The van der Waals surface area contributed by atoms with E-state index in [2.05, 4.69) is 4.72 Å². The zero-order chi connectivity index (χ0) is 13.1. The van der Waals surface area contributed by atoms with Gasteiger partial charge in [-0.1, -0.05) is 0 Å². The number of thiophene rings is 1. The summed E-state index contributed by atoms with van der Waals surface area (Å²) in [6, 6.07) is 1.62. The molecule has 98 valence electrons. The molecule has 1 aromatic rings. The summed E-state index contributed by atoms with van der Waals surface area (Å²) in [5.74, 6) is 0. The quantitative estimate of drug-likeness (QED) is 0.836. The molecule has 17 heavy (non-hydrogen) atoms. The minimum absolute atomic E-state index is 0.110. The van der Waals surface area contributed by atoms with Gasteiger partial charge in [-0.25, -0.2) is 13.1 Å². The van der Waals surface area contributed by atoms with Crippen molar-refractivity contribution in [1.29, 1.82) is 0 Å². The molecule has 0 aliphatic heterocycles. The third kappa shape index (κ3) is 4.26. The van der Waals surface area contributed by atoms with E-state index in [1.54, 1.807) is 23.2 Å². The van der Waals surface area contributed by atoms with Crippen molar-refractivity contribution in [3.63, 3.8) is 0 Å². The van der Waals surface area contributed by atoms with E-state index < -0.39 is 10.0 Å². The number of hydrogen-bond acceptors (Lipinski definition) is 5. The molecule has 3 N–H and O–H groups in total. The molecule has 1 rings (SSSR count). The third-order valence-electron chi connectivity index (χ3n) is 2.37. The molecule has 0 amide bonds. The van der Waals surface area contributed by atoms with Crippen molar-refractivity contribution in [2.75, 3.05) is 12.8 Å². The molecular formula is C10H18N2O2S3. The van der Waals surface area contributed by atoms with Gasteiger partial charge in [0, 0.05) is 17.8 Å². The summed E-state index contributed by atoms with van der Waals surface area (Å²) in [6.07, 6.45) is 1.96. The van der Waals surface area contributed by atoms with Gasteiger partial charge in [0.1, 0.15) is 4.21 Å². The maximum atomic E-state index is 12.0. The number of hydrogen-bond donors (Lipinski definition) is 2. The van der Waals surface area contributed by atoms with Gasteiger partial charge in [0.05, 0.1) is 0 Å². The first-order chi connectivity index (χ1) is 7.80. The van der Waals surface area contributed by atoms with E-state index in [1.807, 2.05) is 20.1 Å². The fraction of sp³-hybridized carbons (Fsp3) is 0.600. The van der Waals surface area contributed by atoms with Crippen LogP contribution in [0.1, 0.15) is 19.4 Å². The molecule has 0 saturated heterocycles. The van der Waals surface area contributed by atoms with Crippen LogP contribution in [0.25, 0.3) is 0 Å². The van der Waals surface area contributed by atoms with Crippen LogP contribution >= 0.6 is 23.1 Å². The number of sulfonamides is 1. The van der Waals surface area contributed by atoms with Crippen molar-refractivity contribution in [2.24, 2.45) is 5.73 Å². The third-order valence-corrected chi connectivity index (χ3v) is 6.51. The van der Waals surface area contributed by atoms with E-state index in [0.717, 1.165) is 5.56 Å². The molecule has 0 aromatic carbocycles. The van der Waals surface area contributed by atoms with Crippen LogP contribution < -0.4 is 10.5 Å². The summed E-state index contributed by atoms with van der Waals surface area (Å²) >= 11 is 2.83. The van der Waals surface area contributed by atoms with Gasteiger partial charge in [-0.15, -0.1) is 11.3 Å². The molecule has 0 radical (unpaired) electrons. The lowest BCUT2D eigenvalue weighted by atomic mass is 10.2. The summed E-state index contributed by atoms with van der Waals surface area (Å²) in [5.41, 5.74) is 6.31. The smallest absolute Gasteiger partial charge is 0.250 e. The van der Waals surface area contributed by atoms with Gasteiger partial charge in [-0.3, -0.25) is 0 Å². The molecule has 0 atom stereocenters. The molecule has 1 heterocycles. The first-order valence-electron chi connectivity index (χ1n) is 5.13. The van der Waals surface area contributed by atoms with E-state index in [1.165, 1.54) is 11.3 Å². The Hall–Kier alpha value is -0.0800. The van der Waals surface area contributed by atoms with E-state index in [4.69, 9.17) is 5.73 Å². The lowest BCUT2D eigenvalue weighted by molar-refractivity contribution is 0.572. The van der Waals surface area contributed by atoms with Gasteiger partial charge in [0.25, 0.3) is 0 Å². The Morgan fingerprint density at radius 3 is 2.65 bits per heavy atom. The second-order valence-electron chi connectivity index (χ2n) is 4.27. The lowest BCUT2D eigenvalue weighted by Crippen LogP contribution is -2.35. The van der Waals surface area contributed by atoms with E-state index in [-0.39, 0.29) is 4.75 Å². The van der Waals surface area contributed by atoms with Crippen molar-refractivity contribution in [3.05, 3.63) is 17.0 Å². The van der Waals surface area contributed by atoms with Gasteiger partial charge >= 0.3 is 0 Å². The number of nitrogens with one attached hydrogen (secondary N) is 1. The summed E-state index contributed by atoms with van der Waals surface area (Å²) in [5, 5.41) is 1.77. The van der Waals surface area contributed by atoms with Crippen molar-refractivity contribution < 1.29 is 8.42 Å². The van der Waals surface area contributed by atoms with E-state index >= 15 is 0 Å². The Balaban J connectivity index is 2.76. The van der Waals surface area contributed by atoms with E-state index in [9.17, 15) is 8.42 Å². The summed E-state index contributed by atoms with van der Waals surface area (Å²) in [4.78, 5) is 0. The van der Waals surface area contributed by atoms with Crippen LogP contribution in [0.4, 0.5) is 0 Å². The van der Waals surface area contributed by atoms with Crippen LogP contribution in [0.5, 0.6) is 0 Å². The molecule has 0 aliphatic carbocycles. The average molecular weight is 294 g/mol. The molecule has 4 nitrogen and oxygen atoms in total. The molecule has 0 bridgehead atoms. The second kappa shape index (κ2) is 5.71. The largest absolute Gasteiger partial charge is 0.326 e. The molecule has 0 fully saturated rings. The topological polar surface area (TPSA) is 72.2 Å². The highest BCUT2D eigenvalue weighted by Crippen LogP contribution is 2.23. The highest BCUT2D eigenvalue weighted by atomic mass is 32.2. The molecule has 0 aliphatic rings. The molecule has 7 heteroatoms. The summed E-state index contributed by atoms with van der Waals surface area (Å²) in [7, 11) is -3.39. The summed E-state index contributed by atoms with van der Waals surface area (Å²) < 4.78 is 26.8.